The SMILES string of the molecule is CC(C)NC(=N)c1ccc(OCc2cccc(COc3ccc(C(=N)NC(C)C)cc3F)c2F)c(F)c1.Cl.Cl. The van der Waals surface area contributed by atoms with E-state index in [-0.39, 0.29) is 84.4 Å². The predicted octanol–water partition coefficient (Wildman–Crippen LogP) is 6.75. The van der Waals surface area contributed by atoms with Gasteiger partial charge in [0.05, 0.1) is 0 Å². The van der Waals surface area contributed by atoms with Crippen LogP contribution in [0.25, 0.3) is 0 Å². The second-order valence-electron chi connectivity index (χ2n) is 9.11. The van der Waals surface area contributed by atoms with Crippen molar-refractivity contribution in [1.82, 2.24) is 10.6 Å². The Kier molecular flexibility index (Phi) is 13.1. The number of amidine groups is 2. The Morgan fingerprint density at radius 1 is 0.692 bits per heavy atom. The van der Waals surface area contributed by atoms with Crippen LogP contribution in [0.2, 0.25) is 0 Å². The van der Waals surface area contributed by atoms with E-state index in [2.05, 4.69) is 10.6 Å². The minimum atomic E-state index is -0.664. The van der Waals surface area contributed by atoms with Crippen molar-refractivity contribution in [2.75, 3.05) is 0 Å². The number of benzene rings is 3. The molecule has 0 unspecified atom stereocenters. The van der Waals surface area contributed by atoms with Gasteiger partial charge in [0.2, 0.25) is 0 Å². The summed E-state index contributed by atoms with van der Waals surface area (Å²) >= 11 is 0. The molecular weight excluding hydrogens is 552 g/mol. The zero-order valence-electron chi connectivity index (χ0n) is 22.0. The molecular formula is C28H33Cl2F3N4O2. The summed E-state index contributed by atoms with van der Waals surface area (Å²) in [5, 5.41) is 21.7. The molecule has 0 heterocycles. The number of rotatable bonds is 10. The van der Waals surface area contributed by atoms with E-state index in [1.54, 1.807) is 18.2 Å². The summed E-state index contributed by atoms with van der Waals surface area (Å²) in [4.78, 5) is 0. The van der Waals surface area contributed by atoms with Gasteiger partial charge in [-0.05, 0) is 64.1 Å². The molecule has 0 aromatic heterocycles. The summed E-state index contributed by atoms with van der Waals surface area (Å²) in [5.41, 5.74) is 1.11. The molecule has 0 spiro atoms. The summed E-state index contributed by atoms with van der Waals surface area (Å²) in [5.74, 6) is -1.87. The van der Waals surface area contributed by atoms with Crippen LogP contribution < -0.4 is 20.1 Å². The summed E-state index contributed by atoms with van der Waals surface area (Å²) in [6.07, 6.45) is 0. The molecule has 11 heteroatoms. The third-order valence-corrected chi connectivity index (χ3v) is 5.23. The summed E-state index contributed by atoms with van der Waals surface area (Å²) in [6, 6.07) is 13.0. The highest BCUT2D eigenvalue weighted by molar-refractivity contribution is 5.97. The quantitative estimate of drug-likeness (QED) is 0.157. The summed E-state index contributed by atoms with van der Waals surface area (Å²) in [7, 11) is 0. The van der Waals surface area contributed by atoms with E-state index in [1.165, 1.54) is 36.4 Å². The fourth-order valence-corrected chi connectivity index (χ4v) is 3.46. The van der Waals surface area contributed by atoms with Crippen molar-refractivity contribution in [1.29, 1.82) is 10.8 Å². The highest BCUT2D eigenvalue weighted by Crippen LogP contribution is 2.24. The second kappa shape index (κ2) is 15.2. The van der Waals surface area contributed by atoms with E-state index in [9.17, 15) is 8.78 Å². The van der Waals surface area contributed by atoms with Crippen LogP contribution in [-0.4, -0.2) is 23.8 Å². The Hall–Kier alpha value is -3.43. The maximum Gasteiger partial charge on any atom is 0.165 e. The van der Waals surface area contributed by atoms with Crippen LogP contribution in [0.5, 0.6) is 11.5 Å². The van der Waals surface area contributed by atoms with Crippen LogP contribution in [0.1, 0.15) is 49.9 Å². The molecule has 0 aliphatic carbocycles. The lowest BCUT2D eigenvalue weighted by Gasteiger charge is -2.14. The van der Waals surface area contributed by atoms with Crippen LogP contribution in [-0.2, 0) is 13.2 Å². The fourth-order valence-electron chi connectivity index (χ4n) is 3.46. The summed E-state index contributed by atoms with van der Waals surface area (Å²) < 4.78 is 55.0. The van der Waals surface area contributed by atoms with Gasteiger partial charge in [0.15, 0.2) is 23.1 Å². The molecule has 4 N–H and O–H groups in total. The monoisotopic (exact) mass is 584 g/mol. The predicted molar refractivity (Wildman–Crippen MR) is 153 cm³/mol. The van der Waals surface area contributed by atoms with E-state index in [1.807, 2.05) is 27.7 Å². The van der Waals surface area contributed by atoms with Gasteiger partial charge < -0.3 is 20.1 Å². The average molecular weight is 585 g/mol. The van der Waals surface area contributed by atoms with E-state index in [0.29, 0.717) is 11.1 Å². The molecule has 3 aromatic carbocycles. The van der Waals surface area contributed by atoms with Crippen LogP contribution in [0, 0.1) is 28.3 Å². The van der Waals surface area contributed by atoms with Gasteiger partial charge in [-0.15, -0.1) is 24.8 Å². The Morgan fingerprint density at radius 2 is 1.08 bits per heavy atom. The van der Waals surface area contributed by atoms with Crippen LogP contribution in [0.4, 0.5) is 13.2 Å². The van der Waals surface area contributed by atoms with Gasteiger partial charge >= 0.3 is 0 Å². The van der Waals surface area contributed by atoms with Gasteiger partial charge in [0.25, 0.3) is 0 Å². The van der Waals surface area contributed by atoms with E-state index < -0.39 is 17.5 Å². The first-order valence-corrected chi connectivity index (χ1v) is 11.9. The standard InChI is InChI=1S/C28H31F3N4O2.2ClH/c1-16(2)34-27(32)18-8-10-24(22(29)12-18)36-14-20-6-5-7-21(26(20)31)15-37-25-11-9-19(13-23(25)30)28(33)35-17(3)4;;/h5-13,16-17H,14-15H2,1-4H3,(H2,32,34)(H2,33,35);2*1H. The maximum absolute atomic E-state index is 15.0. The van der Waals surface area contributed by atoms with Crippen molar-refractivity contribution in [2.24, 2.45) is 0 Å². The van der Waals surface area contributed by atoms with Gasteiger partial charge in [-0.2, -0.15) is 0 Å². The fraction of sp³-hybridized carbons (Fsp3) is 0.286. The molecule has 212 valence electrons. The van der Waals surface area contributed by atoms with Crippen molar-refractivity contribution in [2.45, 2.75) is 53.0 Å². The van der Waals surface area contributed by atoms with E-state index in [0.717, 1.165) is 0 Å². The molecule has 6 nitrogen and oxygen atoms in total. The third-order valence-electron chi connectivity index (χ3n) is 5.23. The number of hydrogen-bond donors (Lipinski definition) is 4. The molecule has 0 aliphatic heterocycles. The highest BCUT2D eigenvalue weighted by Gasteiger charge is 2.14. The van der Waals surface area contributed by atoms with Crippen molar-refractivity contribution >= 4 is 36.5 Å². The van der Waals surface area contributed by atoms with Gasteiger partial charge in [0.1, 0.15) is 30.7 Å². The second-order valence-corrected chi connectivity index (χ2v) is 9.11. The van der Waals surface area contributed by atoms with Crippen molar-refractivity contribution in [3.05, 3.63) is 94.3 Å². The van der Waals surface area contributed by atoms with E-state index in [4.69, 9.17) is 20.3 Å². The molecule has 39 heavy (non-hydrogen) atoms. The first-order valence-electron chi connectivity index (χ1n) is 11.9. The molecule has 0 saturated heterocycles. The minimum absolute atomic E-state index is 0. The molecule has 0 fully saturated rings. The van der Waals surface area contributed by atoms with Crippen molar-refractivity contribution in [3.63, 3.8) is 0 Å². The number of nitrogens with one attached hydrogen (secondary N) is 4. The van der Waals surface area contributed by atoms with Crippen LogP contribution >= 0.6 is 24.8 Å². The number of ether oxygens (including phenoxy) is 2. The molecule has 0 amide bonds. The molecule has 0 aliphatic rings. The Bertz CT molecular complexity index is 1200. The van der Waals surface area contributed by atoms with E-state index >= 15 is 4.39 Å². The normalized spacial score (nSPS) is 10.4. The van der Waals surface area contributed by atoms with Crippen LogP contribution in [0.3, 0.4) is 0 Å². The molecule has 3 aromatic rings. The first kappa shape index (κ1) is 33.6. The highest BCUT2D eigenvalue weighted by atomic mass is 35.5. The largest absolute Gasteiger partial charge is 0.486 e. The molecule has 0 radical (unpaired) electrons. The Balaban J connectivity index is 0.00000380. The molecule has 3 rings (SSSR count). The third kappa shape index (κ3) is 9.37. The molecule has 0 saturated carbocycles. The summed E-state index contributed by atoms with van der Waals surface area (Å²) in [6.45, 7) is 7.05. The Labute approximate surface area is 239 Å². The zero-order chi connectivity index (χ0) is 27.1. The van der Waals surface area contributed by atoms with Crippen LogP contribution in [0.15, 0.2) is 54.6 Å². The topological polar surface area (TPSA) is 90.2 Å². The minimum Gasteiger partial charge on any atom is -0.486 e. The van der Waals surface area contributed by atoms with Gasteiger partial charge in [-0.3, -0.25) is 10.8 Å². The first-order chi connectivity index (χ1) is 17.5. The lowest BCUT2D eigenvalue weighted by Crippen LogP contribution is -2.30. The maximum atomic E-state index is 15.0. The number of halogens is 5. The lowest BCUT2D eigenvalue weighted by molar-refractivity contribution is 0.274. The Morgan fingerprint density at radius 3 is 1.41 bits per heavy atom. The van der Waals surface area contributed by atoms with Crippen molar-refractivity contribution < 1.29 is 22.6 Å². The molecule has 0 atom stereocenters. The van der Waals surface area contributed by atoms with Gasteiger partial charge in [-0.1, -0.05) is 18.2 Å². The smallest absolute Gasteiger partial charge is 0.165 e. The zero-order valence-corrected chi connectivity index (χ0v) is 23.7. The number of hydrogen-bond acceptors (Lipinski definition) is 4. The average Bonchev–Trinajstić information content (AvgIpc) is 2.83. The lowest BCUT2D eigenvalue weighted by atomic mass is 10.1. The van der Waals surface area contributed by atoms with Crippen molar-refractivity contribution in [3.8, 4) is 11.5 Å². The van der Waals surface area contributed by atoms with Gasteiger partial charge in [-0.25, -0.2) is 13.2 Å². The van der Waals surface area contributed by atoms with Gasteiger partial charge in [0, 0.05) is 34.3 Å². The molecule has 0 bridgehead atoms.